The Labute approximate surface area is 213 Å². The van der Waals surface area contributed by atoms with Gasteiger partial charge in [0.05, 0.1) is 12.0 Å². The van der Waals surface area contributed by atoms with Crippen LogP contribution in [-0.4, -0.2) is 32.6 Å². The number of nitrogens with one attached hydrogen (secondary N) is 1. The molecule has 0 radical (unpaired) electrons. The minimum atomic E-state index is -0.257. The highest BCUT2D eigenvalue weighted by atomic mass is 79.9. The molecule has 0 unspecified atom stereocenters. The average Bonchev–Trinajstić information content (AvgIpc) is 3.24. The summed E-state index contributed by atoms with van der Waals surface area (Å²) in [6.07, 6.45) is 1.59. The van der Waals surface area contributed by atoms with Crippen molar-refractivity contribution in [3.05, 3.63) is 92.9 Å². The molecule has 0 aliphatic rings. The summed E-state index contributed by atoms with van der Waals surface area (Å²) in [5.74, 6) is 0.488. The van der Waals surface area contributed by atoms with Gasteiger partial charge in [0.15, 0.2) is 11.0 Å². The smallest absolute Gasteiger partial charge is 0.250 e. The first-order valence-electron chi connectivity index (χ1n) is 9.67. The molecule has 0 fully saturated rings. The van der Waals surface area contributed by atoms with Gasteiger partial charge in [0.25, 0.3) is 5.91 Å². The van der Waals surface area contributed by atoms with Gasteiger partial charge in [-0.1, -0.05) is 63.0 Å². The van der Waals surface area contributed by atoms with Gasteiger partial charge in [-0.3, -0.25) is 9.36 Å². The number of hydrogen-bond acceptors (Lipinski definition) is 5. The number of hydrazone groups is 1. The van der Waals surface area contributed by atoms with Gasteiger partial charge in [-0.05, 0) is 66.2 Å². The third kappa shape index (κ3) is 6.23. The number of benzene rings is 3. The average molecular weight is 561 g/mol. The molecular weight excluding hydrogens is 545 g/mol. The number of nitrogens with zero attached hydrogens (tertiary/aromatic N) is 4. The standard InChI is InChI=1S/C23H16BrCl2N5OS/c24-17-5-1-15(2-6-17)13-27-28-21(32)14-33-23-30-29-22(16-3-7-18(25)8-4-16)31(23)20-11-9-19(26)10-12-20/h1-13H,14H2,(H,28,32). The van der Waals surface area contributed by atoms with E-state index in [2.05, 4.69) is 36.7 Å². The fraction of sp³-hybridized carbons (Fsp3) is 0.0435. The van der Waals surface area contributed by atoms with Gasteiger partial charge < -0.3 is 0 Å². The third-order valence-electron chi connectivity index (χ3n) is 4.43. The SMILES string of the molecule is O=C(CSc1nnc(-c2ccc(Cl)cc2)n1-c1ccc(Cl)cc1)NN=Cc1ccc(Br)cc1. The summed E-state index contributed by atoms with van der Waals surface area (Å²) >= 11 is 16.7. The van der Waals surface area contributed by atoms with E-state index < -0.39 is 0 Å². The molecular formula is C23H16BrCl2N5OS. The van der Waals surface area contributed by atoms with Crippen molar-refractivity contribution in [1.29, 1.82) is 0 Å². The van der Waals surface area contributed by atoms with Crippen molar-refractivity contribution in [3.8, 4) is 17.1 Å². The highest BCUT2D eigenvalue weighted by molar-refractivity contribution is 9.10. The zero-order chi connectivity index (χ0) is 23.2. The monoisotopic (exact) mass is 559 g/mol. The summed E-state index contributed by atoms with van der Waals surface area (Å²) in [4.78, 5) is 12.3. The Balaban J connectivity index is 1.51. The normalized spacial score (nSPS) is 11.1. The molecule has 1 aromatic heterocycles. The summed E-state index contributed by atoms with van der Waals surface area (Å²) in [5.41, 5.74) is 5.08. The predicted octanol–water partition coefficient (Wildman–Crippen LogP) is 6.25. The van der Waals surface area contributed by atoms with Crippen molar-refractivity contribution in [2.45, 2.75) is 5.16 Å². The summed E-state index contributed by atoms with van der Waals surface area (Å²) in [6.45, 7) is 0. The maximum absolute atomic E-state index is 12.3. The van der Waals surface area contributed by atoms with Crippen molar-refractivity contribution in [2.75, 3.05) is 5.75 Å². The first kappa shape index (κ1) is 23.5. The van der Waals surface area contributed by atoms with Crippen LogP contribution in [0.5, 0.6) is 0 Å². The number of thioether (sulfide) groups is 1. The Morgan fingerprint density at radius 3 is 2.27 bits per heavy atom. The Hall–Kier alpha value is -2.65. The maximum Gasteiger partial charge on any atom is 0.250 e. The van der Waals surface area contributed by atoms with Crippen LogP contribution < -0.4 is 5.43 Å². The third-order valence-corrected chi connectivity index (χ3v) is 6.39. The summed E-state index contributed by atoms with van der Waals surface area (Å²) in [7, 11) is 0. The summed E-state index contributed by atoms with van der Waals surface area (Å²) in [5, 5.41) is 14.5. The first-order chi connectivity index (χ1) is 16.0. The zero-order valence-corrected chi connectivity index (χ0v) is 20.9. The lowest BCUT2D eigenvalue weighted by Gasteiger charge is -2.10. The van der Waals surface area contributed by atoms with E-state index in [1.165, 1.54) is 11.8 Å². The Morgan fingerprint density at radius 1 is 0.970 bits per heavy atom. The van der Waals surface area contributed by atoms with Crippen molar-refractivity contribution in [3.63, 3.8) is 0 Å². The summed E-state index contributed by atoms with van der Waals surface area (Å²) < 4.78 is 2.85. The van der Waals surface area contributed by atoms with E-state index in [-0.39, 0.29) is 11.7 Å². The lowest BCUT2D eigenvalue weighted by molar-refractivity contribution is -0.118. The van der Waals surface area contributed by atoms with Crippen molar-refractivity contribution < 1.29 is 4.79 Å². The van der Waals surface area contributed by atoms with Gasteiger partial charge in [-0.15, -0.1) is 10.2 Å². The largest absolute Gasteiger partial charge is 0.272 e. The van der Waals surface area contributed by atoms with Gasteiger partial charge >= 0.3 is 0 Å². The predicted molar refractivity (Wildman–Crippen MR) is 137 cm³/mol. The van der Waals surface area contributed by atoms with Crippen LogP contribution in [0.4, 0.5) is 0 Å². The summed E-state index contributed by atoms with van der Waals surface area (Å²) in [6, 6.07) is 22.2. The molecule has 6 nitrogen and oxygen atoms in total. The van der Waals surface area contributed by atoms with Crippen molar-refractivity contribution in [2.24, 2.45) is 5.10 Å². The maximum atomic E-state index is 12.3. The van der Waals surface area contributed by atoms with Crippen LogP contribution in [0.1, 0.15) is 5.56 Å². The van der Waals surface area contributed by atoms with Crippen molar-refractivity contribution in [1.82, 2.24) is 20.2 Å². The quantitative estimate of drug-likeness (QED) is 0.165. The van der Waals surface area contributed by atoms with Crippen LogP contribution in [0.2, 0.25) is 10.0 Å². The molecule has 0 saturated heterocycles. The molecule has 166 valence electrons. The number of rotatable bonds is 7. The topological polar surface area (TPSA) is 72.2 Å². The molecule has 0 atom stereocenters. The second kappa shape index (κ2) is 11.0. The van der Waals surface area contributed by atoms with Crippen LogP contribution in [0.3, 0.4) is 0 Å². The fourth-order valence-corrected chi connectivity index (χ4v) is 4.12. The van der Waals surface area contributed by atoms with Crippen molar-refractivity contribution >= 4 is 63.0 Å². The number of carbonyl (C=O) groups is 1. The second-order valence-electron chi connectivity index (χ2n) is 6.76. The molecule has 1 N–H and O–H groups in total. The van der Waals surface area contributed by atoms with E-state index in [0.29, 0.717) is 21.0 Å². The van der Waals surface area contributed by atoms with E-state index in [4.69, 9.17) is 23.2 Å². The first-order valence-corrected chi connectivity index (χ1v) is 12.2. The van der Waals surface area contributed by atoms with E-state index in [1.807, 2.05) is 53.1 Å². The van der Waals surface area contributed by atoms with E-state index in [0.717, 1.165) is 21.3 Å². The van der Waals surface area contributed by atoms with Crippen LogP contribution in [0, 0.1) is 0 Å². The fourth-order valence-electron chi connectivity index (χ4n) is 2.86. The Morgan fingerprint density at radius 2 is 1.61 bits per heavy atom. The van der Waals surface area contributed by atoms with Gasteiger partial charge in [-0.25, -0.2) is 5.43 Å². The molecule has 0 aliphatic heterocycles. The lowest BCUT2D eigenvalue weighted by Crippen LogP contribution is -2.20. The lowest BCUT2D eigenvalue weighted by atomic mass is 10.2. The molecule has 1 amide bonds. The second-order valence-corrected chi connectivity index (χ2v) is 9.49. The number of hydrogen-bond donors (Lipinski definition) is 1. The van der Waals surface area contributed by atoms with Gasteiger partial charge in [0, 0.05) is 25.8 Å². The Kier molecular flexibility index (Phi) is 7.82. The van der Waals surface area contributed by atoms with E-state index in [1.54, 1.807) is 30.5 Å². The zero-order valence-electron chi connectivity index (χ0n) is 17.0. The molecule has 0 bridgehead atoms. The molecule has 4 rings (SSSR count). The van der Waals surface area contributed by atoms with Crippen LogP contribution in [0.15, 0.2) is 87.5 Å². The van der Waals surface area contributed by atoms with E-state index >= 15 is 0 Å². The molecule has 10 heteroatoms. The molecule has 1 heterocycles. The highest BCUT2D eigenvalue weighted by Crippen LogP contribution is 2.29. The van der Waals surface area contributed by atoms with Crippen LogP contribution >= 0.6 is 50.9 Å². The molecule has 0 spiro atoms. The highest BCUT2D eigenvalue weighted by Gasteiger charge is 2.17. The number of carbonyl (C=O) groups excluding carboxylic acids is 1. The number of aromatic nitrogens is 3. The van der Waals surface area contributed by atoms with Gasteiger partial charge in [0.2, 0.25) is 0 Å². The Bertz CT molecular complexity index is 1280. The van der Waals surface area contributed by atoms with Gasteiger partial charge in [0.1, 0.15) is 0 Å². The van der Waals surface area contributed by atoms with Crippen LogP contribution in [0.25, 0.3) is 17.1 Å². The minimum Gasteiger partial charge on any atom is -0.272 e. The van der Waals surface area contributed by atoms with Gasteiger partial charge in [-0.2, -0.15) is 5.10 Å². The molecule has 3 aromatic carbocycles. The van der Waals surface area contributed by atoms with Crippen LogP contribution in [-0.2, 0) is 4.79 Å². The van der Waals surface area contributed by atoms with E-state index in [9.17, 15) is 4.79 Å². The molecule has 0 aliphatic carbocycles. The minimum absolute atomic E-state index is 0.115. The number of halogens is 3. The molecule has 33 heavy (non-hydrogen) atoms. The number of amides is 1. The molecule has 0 saturated carbocycles. The molecule has 4 aromatic rings.